The number of hydrogen-bond donors (Lipinski definition) is 1. The fraction of sp³-hybridized carbons (Fsp3) is 0.533. The smallest absolute Gasteiger partial charge is 0.226 e. The summed E-state index contributed by atoms with van der Waals surface area (Å²) in [6, 6.07) is 7.10. The van der Waals surface area contributed by atoms with Crippen LogP contribution in [0.2, 0.25) is 5.02 Å². The summed E-state index contributed by atoms with van der Waals surface area (Å²) < 4.78 is 5.52. The summed E-state index contributed by atoms with van der Waals surface area (Å²) in [5, 5.41) is 9.92. The highest BCUT2D eigenvalue weighted by Crippen LogP contribution is 2.19. The maximum Gasteiger partial charge on any atom is 0.226 e. The normalized spacial score (nSPS) is 18.9. The number of amides is 1. The average Bonchev–Trinajstić information content (AvgIpc) is 2.47. The first-order chi connectivity index (χ1) is 9.70. The van der Waals surface area contributed by atoms with Gasteiger partial charge in [-0.2, -0.15) is 0 Å². The van der Waals surface area contributed by atoms with Crippen LogP contribution in [-0.2, 0) is 4.79 Å². The van der Waals surface area contributed by atoms with Crippen LogP contribution < -0.4 is 4.74 Å². The number of piperidine rings is 1. The van der Waals surface area contributed by atoms with Crippen LogP contribution in [0, 0.1) is 0 Å². The second-order valence-electron chi connectivity index (χ2n) is 4.98. The molecule has 5 heteroatoms. The highest BCUT2D eigenvalue weighted by Gasteiger charge is 2.25. The zero-order chi connectivity index (χ0) is 14.4. The Bertz CT molecular complexity index is 452. The van der Waals surface area contributed by atoms with Gasteiger partial charge in [-0.15, -0.1) is 0 Å². The molecule has 1 heterocycles. The summed E-state index contributed by atoms with van der Waals surface area (Å²) in [5.41, 5.74) is 0. The Kier molecular flexibility index (Phi) is 5.68. The molecule has 1 fully saturated rings. The number of carbonyl (C=O) groups is 1. The van der Waals surface area contributed by atoms with E-state index in [1.54, 1.807) is 17.0 Å². The minimum atomic E-state index is -0.0255. The number of rotatable bonds is 5. The third-order valence-electron chi connectivity index (χ3n) is 3.54. The van der Waals surface area contributed by atoms with Gasteiger partial charge >= 0.3 is 0 Å². The second-order valence-corrected chi connectivity index (χ2v) is 5.41. The fourth-order valence-corrected chi connectivity index (χ4v) is 2.66. The van der Waals surface area contributed by atoms with Gasteiger partial charge < -0.3 is 14.7 Å². The fourth-order valence-electron chi connectivity index (χ4n) is 2.48. The Morgan fingerprint density at radius 1 is 1.45 bits per heavy atom. The lowest BCUT2D eigenvalue weighted by Gasteiger charge is -2.34. The van der Waals surface area contributed by atoms with Gasteiger partial charge in [-0.05, 0) is 37.5 Å². The number of aliphatic hydroxyl groups excluding tert-OH is 1. The average molecular weight is 298 g/mol. The SMILES string of the molecule is O=C(CCOc1cccc(Cl)c1)N1CCCCC1CO. The Morgan fingerprint density at radius 2 is 2.30 bits per heavy atom. The Labute approximate surface area is 124 Å². The summed E-state index contributed by atoms with van der Waals surface area (Å²) in [6.45, 7) is 1.11. The van der Waals surface area contributed by atoms with Gasteiger partial charge in [-0.25, -0.2) is 0 Å². The van der Waals surface area contributed by atoms with Crippen molar-refractivity contribution in [2.75, 3.05) is 19.8 Å². The van der Waals surface area contributed by atoms with E-state index in [4.69, 9.17) is 16.3 Å². The molecule has 1 aliphatic rings. The monoisotopic (exact) mass is 297 g/mol. The van der Waals surface area contributed by atoms with Gasteiger partial charge in [-0.1, -0.05) is 17.7 Å². The standard InChI is InChI=1S/C15H20ClNO3/c16-12-4-3-6-14(10-12)20-9-7-15(19)17-8-2-1-5-13(17)11-18/h3-4,6,10,13,18H,1-2,5,7-9,11H2. The van der Waals surface area contributed by atoms with Gasteiger partial charge in [0.05, 0.1) is 25.7 Å². The molecular weight excluding hydrogens is 278 g/mol. The van der Waals surface area contributed by atoms with Crippen molar-refractivity contribution in [3.05, 3.63) is 29.3 Å². The molecule has 20 heavy (non-hydrogen) atoms. The van der Waals surface area contributed by atoms with Crippen molar-refractivity contribution in [2.24, 2.45) is 0 Å². The minimum absolute atomic E-state index is 0.0255. The number of benzene rings is 1. The predicted molar refractivity (Wildman–Crippen MR) is 78.0 cm³/mol. The van der Waals surface area contributed by atoms with Crippen LogP contribution in [0.1, 0.15) is 25.7 Å². The van der Waals surface area contributed by atoms with Crippen molar-refractivity contribution >= 4 is 17.5 Å². The van der Waals surface area contributed by atoms with E-state index >= 15 is 0 Å². The van der Waals surface area contributed by atoms with Crippen molar-refractivity contribution < 1.29 is 14.6 Å². The zero-order valence-corrected chi connectivity index (χ0v) is 12.2. The number of nitrogens with zero attached hydrogens (tertiary/aromatic N) is 1. The Hall–Kier alpha value is -1.26. The summed E-state index contributed by atoms with van der Waals surface area (Å²) >= 11 is 5.86. The van der Waals surface area contributed by atoms with E-state index in [1.807, 2.05) is 12.1 Å². The molecule has 1 unspecified atom stereocenters. The summed E-state index contributed by atoms with van der Waals surface area (Å²) in [7, 11) is 0. The van der Waals surface area contributed by atoms with Crippen molar-refractivity contribution in [3.63, 3.8) is 0 Å². The quantitative estimate of drug-likeness (QED) is 0.908. The highest BCUT2D eigenvalue weighted by molar-refractivity contribution is 6.30. The molecule has 0 radical (unpaired) electrons. The summed E-state index contributed by atoms with van der Waals surface area (Å²) in [5.74, 6) is 0.716. The molecule has 1 N–H and O–H groups in total. The van der Waals surface area contributed by atoms with E-state index < -0.39 is 0 Å². The Balaban J connectivity index is 1.79. The van der Waals surface area contributed by atoms with Crippen LogP contribution in [0.4, 0.5) is 0 Å². The molecule has 1 atom stereocenters. The molecule has 1 aliphatic heterocycles. The van der Waals surface area contributed by atoms with Crippen molar-refractivity contribution in [1.29, 1.82) is 0 Å². The zero-order valence-electron chi connectivity index (χ0n) is 11.4. The van der Waals surface area contributed by atoms with Crippen molar-refractivity contribution in [1.82, 2.24) is 4.90 Å². The topological polar surface area (TPSA) is 49.8 Å². The number of hydrogen-bond acceptors (Lipinski definition) is 3. The van der Waals surface area contributed by atoms with Crippen LogP contribution in [0.15, 0.2) is 24.3 Å². The third kappa shape index (κ3) is 4.12. The van der Waals surface area contributed by atoms with Gasteiger partial charge in [0, 0.05) is 11.6 Å². The first kappa shape index (κ1) is 15.1. The second kappa shape index (κ2) is 7.50. The number of ether oxygens (including phenoxy) is 1. The van der Waals surface area contributed by atoms with Crippen LogP contribution in [0.3, 0.4) is 0 Å². The molecule has 1 aromatic rings. The number of halogens is 1. The number of aliphatic hydroxyl groups is 1. The van der Waals surface area contributed by atoms with Gasteiger partial charge in [0.2, 0.25) is 5.91 Å². The summed E-state index contributed by atoms with van der Waals surface area (Å²) in [6.07, 6.45) is 3.30. The molecule has 0 saturated carbocycles. The first-order valence-electron chi connectivity index (χ1n) is 6.99. The predicted octanol–water partition coefficient (Wildman–Crippen LogP) is 2.48. The van der Waals surface area contributed by atoms with Gasteiger partial charge in [0.15, 0.2) is 0 Å². The van der Waals surface area contributed by atoms with Gasteiger partial charge in [0.25, 0.3) is 0 Å². The van der Waals surface area contributed by atoms with E-state index in [0.29, 0.717) is 23.8 Å². The third-order valence-corrected chi connectivity index (χ3v) is 3.77. The van der Waals surface area contributed by atoms with E-state index in [0.717, 1.165) is 25.8 Å². The lowest BCUT2D eigenvalue weighted by Crippen LogP contribution is -2.46. The highest BCUT2D eigenvalue weighted by atomic mass is 35.5. The van der Waals surface area contributed by atoms with Gasteiger partial charge in [0.1, 0.15) is 5.75 Å². The Morgan fingerprint density at radius 3 is 3.05 bits per heavy atom. The molecule has 1 aromatic carbocycles. The van der Waals surface area contributed by atoms with E-state index in [9.17, 15) is 9.90 Å². The molecule has 2 rings (SSSR count). The molecule has 4 nitrogen and oxygen atoms in total. The van der Waals surface area contributed by atoms with Crippen LogP contribution in [0.25, 0.3) is 0 Å². The van der Waals surface area contributed by atoms with E-state index in [1.165, 1.54) is 0 Å². The maximum absolute atomic E-state index is 12.1. The molecule has 0 aromatic heterocycles. The maximum atomic E-state index is 12.1. The molecule has 110 valence electrons. The van der Waals surface area contributed by atoms with Crippen molar-refractivity contribution in [3.8, 4) is 5.75 Å². The molecule has 0 bridgehead atoms. The largest absolute Gasteiger partial charge is 0.493 e. The molecule has 1 amide bonds. The lowest BCUT2D eigenvalue weighted by atomic mass is 10.0. The van der Waals surface area contributed by atoms with Crippen LogP contribution in [-0.4, -0.2) is 41.7 Å². The minimum Gasteiger partial charge on any atom is -0.493 e. The first-order valence-corrected chi connectivity index (χ1v) is 7.37. The van der Waals surface area contributed by atoms with E-state index in [2.05, 4.69) is 0 Å². The van der Waals surface area contributed by atoms with Crippen LogP contribution in [0.5, 0.6) is 5.75 Å². The molecule has 0 aliphatic carbocycles. The van der Waals surface area contributed by atoms with Crippen LogP contribution >= 0.6 is 11.6 Å². The number of carbonyl (C=O) groups excluding carboxylic acids is 1. The van der Waals surface area contributed by atoms with E-state index in [-0.39, 0.29) is 18.6 Å². The molecular formula is C15H20ClNO3. The molecule has 0 spiro atoms. The lowest BCUT2D eigenvalue weighted by molar-refractivity contribution is -0.136. The van der Waals surface area contributed by atoms with Gasteiger partial charge in [-0.3, -0.25) is 4.79 Å². The summed E-state index contributed by atoms with van der Waals surface area (Å²) in [4.78, 5) is 13.9. The number of likely N-dealkylation sites (tertiary alicyclic amines) is 1. The van der Waals surface area contributed by atoms with Crippen molar-refractivity contribution in [2.45, 2.75) is 31.7 Å². The molecule has 1 saturated heterocycles.